The van der Waals surface area contributed by atoms with Crippen LogP contribution in [0.1, 0.15) is 13.8 Å². The second kappa shape index (κ2) is 10.4. The fourth-order valence-electron chi connectivity index (χ4n) is 4.34. The maximum atomic E-state index is 13.2. The van der Waals surface area contributed by atoms with Crippen LogP contribution in [0.3, 0.4) is 0 Å². The minimum atomic E-state index is -1.49. The number of nitriles is 1. The maximum absolute atomic E-state index is 13.2. The number of methoxy groups -OCH3 is 2. The highest BCUT2D eigenvalue weighted by Gasteiger charge is 2.42. The SMILES string of the molecule is COC(=O)C1=C(C)NC(C)=C(C(=O)OC)C1C(=O)OCC(=O)C(C#N)=C1N(C)c2ccccc2N1C. The van der Waals surface area contributed by atoms with E-state index in [1.807, 2.05) is 30.3 Å². The Balaban J connectivity index is 1.91. The van der Waals surface area contributed by atoms with E-state index in [2.05, 4.69) is 5.32 Å². The Morgan fingerprint density at radius 2 is 1.42 bits per heavy atom. The van der Waals surface area contributed by atoms with Crippen LogP contribution in [0.15, 0.2) is 58.2 Å². The van der Waals surface area contributed by atoms with E-state index in [1.165, 1.54) is 13.8 Å². The van der Waals surface area contributed by atoms with Crippen molar-refractivity contribution in [1.82, 2.24) is 5.32 Å². The number of allylic oxidation sites excluding steroid dienone is 2. The minimum absolute atomic E-state index is 0.148. The molecular formula is C25H26N4O7. The molecule has 0 bridgehead atoms. The fraction of sp³-hybridized carbons (Fsp3) is 0.320. The van der Waals surface area contributed by atoms with Gasteiger partial charge in [0.1, 0.15) is 23.4 Å². The number of hydrogen-bond donors (Lipinski definition) is 1. The lowest BCUT2D eigenvalue weighted by Crippen LogP contribution is -2.38. The first-order valence-corrected chi connectivity index (χ1v) is 10.8. The number of nitrogens with one attached hydrogen (secondary N) is 1. The normalized spacial score (nSPS) is 15.2. The summed E-state index contributed by atoms with van der Waals surface area (Å²) < 4.78 is 14.8. The van der Waals surface area contributed by atoms with Crippen molar-refractivity contribution >= 4 is 35.1 Å². The Morgan fingerprint density at radius 3 is 1.83 bits per heavy atom. The molecule has 0 atom stereocenters. The molecule has 0 radical (unpaired) electrons. The van der Waals surface area contributed by atoms with Gasteiger partial charge in [-0.15, -0.1) is 0 Å². The minimum Gasteiger partial charge on any atom is -0.466 e. The molecule has 0 spiro atoms. The van der Waals surface area contributed by atoms with Crippen molar-refractivity contribution in [2.24, 2.45) is 5.92 Å². The monoisotopic (exact) mass is 494 g/mol. The number of anilines is 2. The van der Waals surface area contributed by atoms with Crippen molar-refractivity contribution in [3.63, 3.8) is 0 Å². The Hall–Kier alpha value is -4.59. The largest absolute Gasteiger partial charge is 0.466 e. The third-order valence-electron chi connectivity index (χ3n) is 6.01. The highest BCUT2D eigenvalue weighted by molar-refractivity contribution is 6.07. The number of carbonyl (C=O) groups is 4. The Bertz CT molecular complexity index is 1220. The number of ether oxygens (including phenoxy) is 3. The first-order chi connectivity index (χ1) is 17.1. The van der Waals surface area contributed by atoms with E-state index in [1.54, 1.807) is 23.9 Å². The molecule has 2 heterocycles. The molecule has 3 rings (SSSR count). The summed E-state index contributed by atoms with van der Waals surface area (Å²) in [5.74, 6) is -4.65. The van der Waals surface area contributed by atoms with Gasteiger partial charge in [0.15, 0.2) is 6.61 Å². The Labute approximate surface area is 208 Å². The highest BCUT2D eigenvalue weighted by atomic mass is 16.5. The molecule has 1 N–H and O–H groups in total. The van der Waals surface area contributed by atoms with Crippen LogP contribution in [0.4, 0.5) is 11.4 Å². The quantitative estimate of drug-likeness (QED) is 0.267. The fourth-order valence-corrected chi connectivity index (χ4v) is 4.34. The van der Waals surface area contributed by atoms with Crippen LogP contribution >= 0.6 is 0 Å². The second-order valence-corrected chi connectivity index (χ2v) is 8.07. The molecule has 0 aliphatic carbocycles. The van der Waals surface area contributed by atoms with Crippen LogP contribution < -0.4 is 15.1 Å². The lowest BCUT2D eigenvalue weighted by molar-refractivity contribution is -0.152. The van der Waals surface area contributed by atoms with Crippen LogP contribution in [0.5, 0.6) is 0 Å². The van der Waals surface area contributed by atoms with E-state index in [-0.39, 0.29) is 28.1 Å². The zero-order valence-corrected chi connectivity index (χ0v) is 20.8. The molecule has 188 valence electrons. The molecule has 2 aliphatic rings. The summed E-state index contributed by atoms with van der Waals surface area (Å²) >= 11 is 0. The van der Waals surface area contributed by atoms with Gasteiger partial charge in [-0.05, 0) is 26.0 Å². The average molecular weight is 495 g/mol. The molecule has 36 heavy (non-hydrogen) atoms. The number of nitrogens with zero attached hydrogens (tertiary/aromatic N) is 3. The number of fused-ring (bicyclic) bond motifs is 1. The number of Topliss-reactive ketones (excluding diaryl/α,β-unsaturated/α-hetero) is 1. The summed E-state index contributed by atoms with van der Waals surface area (Å²) in [6.07, 6.45) is 0. The molecule has 0 unspecified atom stereocenters. The zero-order valence-electron chi connectivity index (χ0n) is 20.8. The number of hydrogen-bond acceptors (Lipinski definition) is 11. The molecule has 11 heteroatoms. The van der Waals surface area contributed by atoms with Gasteiger partial charge in [-0.2, -0.15) is 5.26 Å². The third-order valence-corrected chi connectivity index (χ3v) is 6.01. The Kier molecular flexibility index (Phi) is 7.48. The van der Waals surface area contributed by atoms with Crippen molar-refractivity contribution in [3.8, 4) is 6.07 Å². The van der Waals surface area contributed by atoms with Crippen molar-refractivity contribution < 1.29 is 33.4 Å². The second-order valence-electron chi connectivity index (χ2n) is 8.07. The predicted octanol–water partition coefficient (Wildman–Crippen LogP) is 1.53. The van der Waals surface area contributed by atoms with Gasteiger partial charge in [-0.1, -0.05) is 12.1 Å². The molecule has 0 fully saturated rings. The smallest absolute Gasteiger partial charge is 0.336 e. The predicted molar refractivity (Wildman–Crippen MR) is 128 cm³/mol. The summed E-state index contributed by atoms with van der Waals surface area (Å²) in [5, 5.41) is 12.6. The van der Waals surface area contributed by atoms with Crippen molar-refractivity contribution in [2.45, 2.75) is 13.8 Å². The molecule has 1 aromatic carbocycles. The lowest BCUT2D eigenvalue weighted by atomic mass is 9.85. The first-order valence-electron chi connectivity index (χ1n) is 10.8. The van der Waals surface area contributed by atoms with Crippen molar-refractivity contribution in [2.75, 3.05) is 44.7 Å². The lowest BCUT2D eigenvalue weighted by Gasteiger charge is -2.28. The van der Waals surface area contributed by atoms with Gasteiger partial charge in [-0.25, -0.2) is 9.59 Å². The number of carbonyl (C=O) groups excluding carboxylic acids is 4. The van der Waals surface area contributed by atoms with E-state index in [0.29, 0.717) is 5.82 Å². The van der Waals surface area contributed by atoms with Gasteiger partial charge in [0, 0.05) is 25.5 Å². The standard InChI is InChI=1S/C25H26N4O7/c1-13-19(23(31)34-5)21(20(14(2)27-13)24(32)35-6)25(33)36-12-18(30)15(11-26)22-28(3)16-9-7-8-10-17(16)29(22)4/h7-10,21,27H,12H2,1-6H3. The molecule has 0 saturated heterocycles. The molecule has 0 amide bonds. The van der Waals surface area contributed by atoms with Gasteiger partial charge in [0.2, 0.25) is 5.78 Å². The van der Waals surface area contributed by atoms with Gasteiger partial charge in [0.05, 0.1) is 36.7 Å². The third kappa shape index (κ3) is 4.40. The topological polar surface area (TPSA) is 138 Å². The van der Waals surface area contributed by atoms with Gasteiger partial charge >= 0.3 is 17.9 Å². The highest BCUT2D eigenvalue weighted by Crippen LogP contribution is 2.40. The van der Waals surface area contributed by atoms with Gasteiger partial charge in [0.25, 0.3) is 0 Å². The molecule has 0 saturated carbocycles. The first kappa shape index (κ1) is 26.0. The number of dihydropyridines is 1. The maximum Gasteiger partial charge on any atom is 0.336 e. The molecule has 2 aliphatic heterocycles. The molecule has 0 aromatic heterocycles. The zero-order chi connectivity index (χ0) is 26.7. The summed E-state index contributed by atoms with van der Waals surface area (Å²) in [6.45, 7) is 2.29. The number of ketones is 1. The average Bonchev–Trinajstić information content (AvgIpc) is 3.11. The van der Waals surface area contributed by atoms with Gasteiger partial charge < -0.3 is 29.3 Å². The van der Waals surface area contributed by atoms with Crippen LogP contribution in [0.25, 0.3) is 0 Å². The number of para-hydroxylation sites is 2. The summed E-state index contributed by atoms with van der Waals surface area (Å²) in [4.78, 5) is 54.6. The van der Waals surface area contributed by atoms with Gasteiger partial charge in [-0.3, -0.25) is 9.59 Å². The van der Waals surface area contributed by atoms with E-state index in [0.717, 1.165) is 25.6 Å². The number of esters is 3. The Morgan fingerprint density at radius 1 is 0.944 bits per heavy atom. The van der Waals surface area contributed by atoms with Crippen LogP contribution in [0.2, 0.25) is 0 Å². The van der Waals surface area contributed by atoms with Crippen molar-refractivity contribution in [3.05, 3.63) is 58.2 Å². The van der Waals surface area contributed by atoms with E-state index < -0.39 is 36.2 Å². The summed E-state index contributed by atoms with van der Waals surface area (Å²) in [7, 11) is 5.70. The summed E-state index contributed by atoms with van der Waals surface area (Å²) in [5.41, 5.74) is 1.66. The summed E-state index contributed by atoms with van der Waals surface area (Å²) in [6, 6.07) is 9.28. The molecular weight excluding hydrogens is 468 g/mol. The van der Waals surface area contributed by atoms with E-state index in [4.69, 9.17) is 14.2 Å². The van der Waals surface area contributed by atoms with Crippen molar-refractivity contribution in [1.29, 1.82) is 5.26 Å². The molecule has 11 nitrogen and oxygen atoms in total. The number of benzene rings is 1. The van der Waals surface area contributed by atoms with Crippen LogP contribution in [-0.4, -0.2) is 58.6 Å². The van der Waals surface area contributed by atoms with E-state index >= 15 is 0 Å². The van der Waals surface area contributed by atoms with Crippen LogP contribution in [0, 0.1) is 17.2 Å². The molecule has 1 aromatic rings. The van der Waals surface area contributed by atoms with E-state index in [9.17, 15) is 24.4 Å². The van der Waals surface area contributed by atoms with Crippen LogP contribution in [-0.2, 0) is 33.4 Å². The number of rotatable bonds is 6.